The molecule has 0 atom stereocenters. The van der Waals surface area contributed by atoms with E-state index in [0.717, 1.165) is 12.8 Å². The van der Waals surface area contributed by atoms with Crippen molar-refractivity contribution in [3.8, 4) is 0 Å². The van der Waals surface area contributed by atoms with Crippen LogP contribution in [0, 0.1) is 5.92 Å². The Morgan fingerprint density at radius 3 is 2.29 bits per heavy atom. The lowest BCUT2D eigenvalue weighted by molar-refractivity contribution is -0.134. The number of likely N-dealkylation sites (tertiary alicyclic amines) is 1. The molecule has 0 bridgehead atoms. The van der Waals surface area contributed by atoms with Gasteiger partial charge in [-0.05, 0) is 25.7 Å². The number of piperidine rings is 1. The summed E-state index contributed by atoms with van der Waals surface area (Å²) in [4.78, 5) is 24.8. The highest BCUT2D eigenvalue weighted by Gasteiger charge is 2.32. The smallest absolute Gasteiger partial charge is 0.223 e. The molecule has 0 aromatic rings. The first-order valence-corrected chi connectivity index (χ1v) is 6.30. The molecule has 5 nitrogen and oxygen atoms in total. The fraction of sp³-hybridized carbons (Fsp3) is 0.833. The first-order valence-electron chi connectivity index (χ1n) is 6.30. The summed E-state index contributed by atoms with van der Waals surface area (Å²) in [5, 5.41) is 12.1. The molecular formula is C12H20N2O3. The third kappa shape index (κ3) is 2.97. The van der Waals surface area contributed by atoms with Gasteiger partial charge < -0.3 is 15.3 Å². The van der Waals surface area contributed by atoms with Gasteiger partial charge in [-0.25, -0.2) is 0 Å². The molecule has 1 aliphatic heterocycles. The van der Waals surface area contributed by atoms with Gasteiger partial charge in [0.2, 0.25) is 11.8 Å². The summed E-state index contributed by atoms with van der Waals surface area (Å²) in [6.07, 6.45) is 2.62. The van der Waals surface area contributed by atoms with E-state index in [1.54, 1.807) is 11.8 Å². The van der Waals surface area contributed by atoms with Crippen molar-refractivity contribution in [1.82, 2.24) is 10.2 Å². The Morgan fingerprint density at radius 1 is 1.24 bits per heavy atom. The summed E-state index contributed by atoms with van der Waals surface area (Å²) >= 11 is 0. The molecule has 0 spiro atoms. The second kappa shape index (κ2) is 5.04. The van der Waals surface area contributed by atoms with E-state index < -0.39 is 0 Å². The van der Waals surface area contributed by atoms with Crippen molar-refractivity contribution >= 4 is 11.8 Å². The SMILES string of the molecule is CC(=O)N1CCC(C(=O)NC2CC(O)C2)CC1. The van der Waals surface area contributed by atoms with Crippen molar-refractivity contribution in [2.24, 2.45) is 5.92 Å². The molecule has 96 valence electrons. The Hall–Kier alpha value is -1.10. The molecule has 0 aromatic carbocycles. The third-order valence-electron chi connectivity index (χ3n) is 3.77. The predicted molar refractivity (Wildman–Crippen MR) is 62.1 cm³/mol. The molecule has 0 radical (unpaired) electrons. The number of aliphatic hydroxyl groups excluding tert-OH is 1. The summed E-state index contributed by atoms with van der Waals surface area (Å²) in [5.41, 5.74) is 0. The number of carbonyl (C=O) groups excluding carboxylic acids is 2. The van der Waals surface area contributed by atoms with Crippen LogP contribution in [0.1, 0.15) is 32.6 Å². The highest BCUT2D eigenvalue weighted by atomic mass is 16.3. The van der Waals surface area contributed by atoms with Crippen LogP contribution in [0.3, 0.4) is 0 Å². The molecule has 1 heterocycles. The van der Waals surface area contributed by atoms with Crippen LogP contribution in [-0.4, -0.2) is 47.1 Å². The van der Waals surface area contributed by atoms with Crippen LogP contribution in [0.2, 0.25) is 0 Å². The first-order chi connectivity index (χ1) is 8.06. The second-order valence-corrected chi connectivity index (χ2v) is 5.11. The number of amides is 2. The van der Waals surface area contributed by atoms with Crippen molar-refractivity contribution < 1.29 is 14.7 Å². The summed E-state index contributed by atoms with van der Waals surface area (Å²) in [6.45, 7) is 2.93. The lowest BCUT2D eigenvalue weighted by atomic mass is 9.88. The molecule has 2 aliphatic rings. The average molecular weight is 240 g/mol. The Labute approximate surface area is 101 Å². The lowest BCUT2D eigenvalue weighted by Gasteiger charge is -2.35. The van der Waals surface area contributed by atoms with Crippen molar-refractivity contribution in [2.45, 2.75) is 44.8 Å². The Morgan fingerprint density at radius 2 is 1.82 bits per heavy atom. The topological polar surface area (TPSA) is 69.6 Å². The largest absolute Gasteiger partial charge is 0.393 e. The molecule has 0 unspecified atom stereocenters. The van der Waals surface area contributed by atoms with Gasteiger partial charge >= 0.3 is 0 Å². The zero-order chi connectivity index (χ0) is 12.4. The molecule has 2 N–H and O–H groups in total. The van der Waals surface area contributed by atoms with Crippen molar-refractivity contribution in [2.75, 3.05) is 13.1 Å². The van der Waals surface area contributed by atoms with E-state index in [0.29, 0.717) is 25.9 Å². The van der Waals surface area contributed by atoms with E-state index in [1.165, 1.54) is 0 Å². The van der Waals surface area contributed by atoms with Gasteiger partial charge in [-0.15, -0.1) is 0 Å². The quantitative estimate of drug-likeness (QED) is 0.707. The van der Waals surface area contributed by atoms with Gasteiger partial charge in [-0.3, -0.25) is 9.59 Å². The lowest BCUT2D eigenvalue weighted by Crippen LogP contribution is -2.50. The zero-order valence-corrected chi connectivity index (χ0v) is 10.2. The standard InChI is InChI=1S/C12H20N2O3/c1-8(15)14-4-2-9(3-5-14)12(17)13-10-6-11(16)7-10/h9-11,16H,2-7H2,1H3,(H,13,17). The summed E-state index contributed by atoms with van der Waals surface area (Å²) < 4.78 is 0. The third-order valence-corrected chi connectivity index (χ3v) is 3.77. The van der Waals surface area contributed by atoms with Crippen molar-refractivity contribution in [3.63, 3.8) is 0 Å². The molecule has 1 saturated heterocycles. The fourth-order valence-corrected chi connectivity index (χ4v) is 2.48. The number of nitrogens with one attached hydrogen (secondary N) is 1. The van der Waals surface area contributed by atoms with Crippen LogP contribution in [0.5, 0.6) is 0 Å². The molecule has 2 fully saturated rings. The number of aliphatic hydroxyl groups is 1. The average Bonchev–Trinajstić information content (AvgIpc) is 2.27. The van der Waals surface area contributed by atoms with Gasteiger partial charge in [-0.2, -0.15) is 0 Å². The van der Waals surface area contributed by atoms with Gasteiger partial charge in [-0.1, -0.05) is 0 Å². The molecule has 1 aliphatic carbocycles. The Bertz CT molecular complexity index is 305. The Balaban J connectivity index is 1.72. The van der Waals surface area contributed by atoms with Gasteiger partial charge in [0, 0.05) is 32.0 Å². The van der Waals surface area contributed by atoms with E-state index in [4.69, 9.17) is 5.11 Å². The summed E-state index contributed by atoms with van der Waals surface area (Å²) in [6, 6.07) is 0.156. The highest BCUT2D eigenvalue weighted by Crippen LogP contribution is 2.22. The van der Waals surface area contributed by atoms with E-state index in [1.807, 2.05) is 0 Å². The van der Waals surface area contributed by atoms with Crippen LogP contribution < -0.4 is 5.32 Å². The van der Waals surface area contributed by atoms with E-state index in [-0.39, 0.29) is 29.9 Å². The first kappa shape index (κ1) is 12.4. The van der Waals surface area contributed by atoms with Gasteiger partial charge in [0.05, 0.1) is 6.10 Å². The monoisotopic (exact) mass is 240 g/mol. The second-order valence-electron chi connectivity index (χ2n) is 5.11. The molecule has 2 rings (SSSR count). The number of rotatable bonds is 2. The molecule has 2 amide bonds. The minimum absolute atomic E-state index is 0.0309. The molecule has 17 heavy (non-hydrogen) atoms. The van der Waals surface area contributed by atoms with Gasteiger partial charge in [0.15, 0.2) is 0 Å². The van der Waals surface area contributed by atoms with Crippen LogP contribution in [0.25, 0.3) is 0 Å². The number of hydrogen-bond donors (Lipinski definition) is 2. The molecule has 5 heteroatoms. The van der Waals surface area contributed by atoms with E-state index in [2.05, 4.69) is 5.32 Å². The summed E-state index contributed by atoms with van der Waals surface area (Å²) in [5.74, 6) is 0.208. The fourth-order valence-electron chi connectivity index (χ4n) is 2.48. The van der Waals surface area contributed by atoms with Crippen LogP contribution in [0.4, 0.5) is 0 Å². The number of nitrogens with zero attached hydrogens (tertiary/aromatic N) is 1. The maximum Gasteiger partial charge on any atom is 0.223 e. The minimum Gasteiger partial charge on any atom is -0.393 e. The van der Waals surface area contributed by atoms with Crippen LogP contribution >= 0.6 is 0 Å². The maximum absolute atomic E-state index is 11.9. The van der Waals surface area contributed by atoms with E-state index >= 15 is 0 Å². The maximum atomic E-state index is 11.9. The van der Waals surface area contributed by atoms with Crippen molar-refractivity contribution in [3.05, 3.63) is 0 Å². The van der Waals surface area contributed by atoms with Crippen molar-refractivity contribution in [1.29, 1.82) is 0 Å². The number of hydrogen-bond acceptors (Lipinski definition) is 3. The highest BCUT2D eigenvalue weighted by molar-refractivity contribution is 5.80. The normalized spacial score (nSPS) is 29.6. The van der Waals surface area contributed by atoms with Gasteiger partial charge in [0.25, 0.3) is 0 Å². The molecule has 1 saturated carbocycles. The predicted octanol–water partition coefficient (Wildman–Crippen LogP) is -0.116. The zero-order valence-electron chi connectivity index (χ0n) is 10.2. The van der Waals surface area contributed by atoms with E-state index in [9.17, 15) is 9.59 Å². The number of carbonyl (C=O) groups is 2. The van der Waals surface area contributed by atoms with Gasteiger partial charge in [0.1, 0.15) is 0 Å². The summed E-state index contributed by atoms with van der Waals surface area (Å²) in [7, 11) is 0. The minimum atomic E-state index is -0.236. The van der Waals surface area contributed by atoms with Crippen LogP contribution in [-0.2, 0) is 9.59 Å². The Kier molecular flexibility index (Phi) is 3.66. The molecular weight excluding hydrogens is 220 g/mol. The molecule has 0 aromatic heterocycles. The van der Waals surface area contributed by atoms with Crippen LogP contribution in [0.15, 0.2) is 0 Å².